The highest BCUT2D eigenvalue weighted by molar-refractivity contribution is 7.99. The minimum absolute atomic E-state index is 0.796. The Labute approximate surface area is 99.6 Å². The molecule has 0 heterocycles. The second-order valence-corrected chi connectivity index (χ2v) is 6.57. The lowest BCUT2D eigenvalue weighted by Crippen LogP contribution is -2.25. The molecule has 1 fully saturated rings. The van der Waals surface area contributed by atoms with Gasteiger partial charge in [0.1, 0.15) is 0 Å². The fourth-order valence-electron chi connectivity index (χ4n) is 2.29. The molecule has 0 aliphatic heterocycles. The molecule has 2 heteroatoms. The van der Waals surface area contributed by atoms with Crippen LogP contribution < -0.4 is 5.73 Å². The van der Waals surface area contributed by atoms with Gasteiger partial charge in [-0.25, -0.2) is 0 Å². The summed E-state index contributed by atoms with van der Waals surface area (Å²) in [6.45, 7) is 5.53. The van der Waals surface area contributed by atoms with E-state index in [1.54, 1.807) is 0 Å². The molecule has 2 atom stereocenters. The molecule has 15 heavy (non-hydrogen) atoms. The van der Waals surface area contributed by atoms with E-state index in [-0.39, 0.29) is 0 Å². The van der Waals surface area contributed by atoms with Crippen molar-refractivity contribution in [2.75, 3.05) is 12.3 Å². The van der Waals surface area contributed by atoms with Crippen molar-refractivity contribution in [2.45, 2.75) is 57.6 Å². The Kier molecular flexibility index (Phi) is 6.74. The SMILES string of the molecule is CC(C)CCSC1CCCCCC1CN. The summed E-state index contributed by atoms with van der Waals surface area (Å²) in [5, 5.41) is 0.858. The molecule has 0 aromatic carbocycles. The molecular weight excluding hydrogens is 202 g/mol. The third-order valence-electron chi connectivity index (χ3n) is 3.42. The molecule has 0 aromatic heterocycles. The number of thioether (sulfide) groups is 1. The Bertz CT molecular complexity index is 159. The normalized spacial score (nSPS) is 28.0. The minimum Gasteiger partial charge on any atom is -0.330 e. The van der Waals surface area contributed by atoms with Crippen molar-refractivity contribution < 1.29 is 0 Å². The first-order valence-electron chi connectivity index (χ1n) is 6.55. The average Bonchev–Trinajstić information content (AvgIpc) is 2.42. The summed E-state index contributed by atoms with van der Waals surface area (Å²) in [5.41, 5.74) is 5.88. The van der Waals surface area contributed by atoms with Crippen LogP contribution in [0, 0.1) is 11.8 Å². The Morgan fingerprint density at radius 3 is 2.60 bits per heavy atom. The zero-order valence-corrected chi connectivity index (χ0v) is 11.2. The molecule has 0 spiro atoms. The lowest BCUT2D eigenvalue weighted by Gasteiger charge is -2.23. The lowest BCUT2D eigenvalue weighted by molar-refractivity contribution is 0.483. The number of nitrogens with two attached hydrogens (primary N) is 1. The first-order valence-corrected chi connectivity index (χ1v) is 7.60. The van der Waals surface area contributed by atoms with Crippen LogP contribution in [0.25, 0.3) is 0 Å². The van der Waals surface area contributed by atoms with E-state index in [0.717, 1.165) is 23.6 Å². The maximum atomic E-state index is 5.88. The lowest BCUT2D eigenvalue weighted by atomic mass is 10.0. The molecule has 1 nitrogen and oxygen atoms in total. The summed E-state index contributed by atoms with van der Waals surface area (Å²) in [5.74, 6) is 2.98. The molecule has 0 radical (unpaired) electrons. The van der Waals surface area contributed by atoms with Gasteiger partial charge in [-0.15, -0.1) is 0 Å². The molecule has 0 aromatic rings. The molecule has 1 aliphatic rings. The van der Waals surface area contributed by atoms with Gasteiger partial charge in [0.15, 0.2) is 0 Å². The van der Waals surface area contributed by atoms with Gasteiger partial charge in [0, 0.05) is 5.25 Å². The van der Waals surface area contributed by atoms with Gasteiger partial charge in [0.05, 0.1) is 0 Å². The van der Waals surface area contributed by atoms with Crippen LogP contribution in [-0.4, -0.2) is 17.5 Å². The van der Waals surface area contributed by atoms with Gasteiger partial charge in [0.2, 0.25) is 0 Å². The van der Waals surface area contributed by atoms with Gasteiger partial charge >= 0.3 is 0 Å². The zero-order chi connectivity index (χ0) is 11.1. The van der Waals surface area contributed by atoms with Crippen molar-refractivity contribution in [3.8, 4) is 0 Å². The molecule has 2 unspecified atom stereocenters. The van der Waals surface area contributed by atoms with Gasteiger partial charge in [-0.05, 0) is 43.4 Å². The topological polar surface area (TPSA) is 26.0 Å². The van der Waals surface area contributed by atoms with Crippen LogP contribution in [0.3, 0.4) is 0 Å². The first-order chi connectivity index (χ1) is 7.24. The third kappa shape index (κ3) is 5.26. The standard InChI is InChI=1S/C13H27NS/c1-11(2)8-9-15-13-7-5-3-4-6-12(13)10-14/h11-13H,3-10,14H2,1-2H3. The number of rotatable bonds is 5. The van der Waals surface area contributed by atoms with Crippen LogP contribution in [0.5, 0.6) is 0 Å². The number of hydrogen-bond acceptors (Lipinski definition) is 2. The molecule has 0 saturated heterocycles. The van der Waals surface area contributed by atoms with Crippen LogP contribution in [0.15, 0.2) is 0 Å². The van der Waals surface area contributed by atoms with E-state index in [1.165, 1.54) is 44.3 Å². The third-order valence-corrected chi connectivity index (χ3v) is 4.94. The van der Waals surface area contributed by atoms with Crippen LogP contribution >= 0.6 is 11.8 Å². The Balaban J connectivity index is 2.28. The molecule has 1 aliphatic carbocycles. The number of hydrogen-bond donors (Lipinski definition) is 1. The monoisotopic (exact) mass is 229 g/mol. The highest BCUT2D eigenvalue weighted by atomic mass is 32.2. The quantitative estimate of drug-likeness (QED) is 0.728. The summed E-state index contributed by atoms with van der Waals surface area (Å²) in [6.07, 6.45) is 8.40. The van der Waals surface area contributed by atoms with E-state index in [4.69, 9.17) is 5.73 Å². The Morgan fingerprint density at radius 2 is 1.93 bits per heavy atom. The van der Waals surface area contributed by atoms with Gasteiger partial charge in [-0.3, -0.25) is 0 Å². The fraction of sp³-hybridized carbons (Fsp3) is 1.00. The van der Waals surface area contributed by atoms with Crippen molar-refractivity contribution in [3.63, 3.8) is 0 Å². The molecule has 90 valence electrons. The zero-order valence-electron chi connectivity index (χ0n) is 10.4. The largest absolute Gasteiger partial charge is 0.330 e. The van der Waals surface area contributed by atoms with Crippen molar-refractivity contribution in [1.29, 1.82) is 0 Å². The van der Waals surface area contributed by atoms with Crippen LogP contribution in [-0.2, 0) is 0 Å². The summed E-state index contributed by atoms with van der Waals surface area (Å²) < 4.78 is 0. The fourth-order valence-corrected chi connectivity index (χ4v) is 4.06. The van der Waals surface area contributed by atoms with E-state index in [0.29, 0.717) is 0 Å². The molecule has 1 saturated carbocycles. The highest BCUT2D eigenvalue weighted by Crippen LogP contribution is 2.32. The smallest absolute Gasteiger partial charge is 0.00873 e. The van der Waals surface area contributed by atoms with Gasteiger partial charge in [-0.1, -0.05) is 33.1 Å². The maximum Gasteiger partial charge on any atom is 0.00873 e. The summed E-state index contributed by atoms with van der Waals surface area (Å²) in [6, 6.07) is 0. The Hall–Kier alpha value is 0.310. The van der Waals surface area contributed by atoms with Crippen LogP contribution in [0.1, 0.15) is 52.4 Å². The van der Waals surface area contributed by atoms with Crippen molar-refractivity contribution in [2.24, 2.45) is 17.6 Å². The summed E-state index contributed by atoms with van der Waals surface area (Å²) >= 11 is 2.19. The van der Waals surface area contributed by atoms with E-state index in [1.807, 2.05) is 0 Å². The van der Waals surface area contributed by atoms with Crippen molar-refractivity contribution >= 4 is 11.8 Å². The van der Waals surface area contributed by atoms with Gasteiger partial charge in [0.25, 0.3) is 0 Å². The van der Waals surface area contributed by atoms with Gasteiger partial charge in [-0.2, -0.15) is 11.8 Å². The van der Waals surface area contributed by atoms with E-state index in [9.17, 15) is 0 Å². The van der Waals surface area contributed by atoms with E-state index in [2.05, 4.69) is 25.6 Å². The van der Waals surface area contributed by atoms with Crippen LogP contribution in [0.2, 0.25) is 0 Å². The minimum atomic E-state index is 0.796. The molecule has 0 amide bonds. The van der Waals surface area contributed by atoms with Crippen molar-refractivity contribution in [1.82, 2.24) is 0 Å². The predicted octanol–water partition coefficient (Wildman–Crippen LogP) is 3.67. The second-order valence-electron chi connectivity index (χ2n) is 5.23. The Morgan fingerprint density at radius 1 is 1.20 bits per heavy atom. The van der Waals surface area contributed by atoms with Crippen molar-refractivity contribution in [3.05, 3.63) is 0 Å². The van der Waals surface area contributed by atoms with Crippen LogP contribution in [0.4, 0.5) is 0 Å². The first kappa shape index (κ1) is 13.4. The predicted molar refractivity (Wildman–Crippen MR) is 71.3 cm³/mol. The molecule has 1 rings (SSSR count). The van der Waals surface area contributed by atoms with Gasteiger partial charge < -0.3 is 5.73 Å². The van der Waals surface area contributed by atoms with E-state index >= 15 is 0 Å². The summed E-state index contributed by atoms with van der Waals surface area (Å²) in [7, 11) is 0. The molecular formula is C13H27NS. The summed E-state index contributed by atoms with van der Waals surface area (Å²) in [4.78, 5) is 0. The second kappa shape index (κ2) is 7.56. The molecule has 0 bridgehead atoms. The average molecular weight is 229 g/mol. The van der Waals surface area contributed by atoms with E-state index < -0.39 is 0 Å². The highest BCUT2D eigenvalue weighted by Gasteiger charge is 2.22. The maximum absolute atomic E-state index is 5.88. The molecule has 2 N–H and O–H groups in total.